The summed E-state index contributed by atoms with van der Waals surface area (Å²) in [6.07, 6.45) is 1.32. The molecule has 4 nitrogen and oxygen atoms in total. The molecule has 1 aliphatic rings. The molecule has 5 heteroatoms. The number of hydrogen-bond acceptors (Lipinski definition) is 2. The maximum absolute atomic E-state index is 13.0. The summed E-state index contributed by atoms with van der Waals surface area (Å²) in [6.45, 7) is 4.09. The lowest BCUT2D eigenvalue weighted by Crippen LogP contribution is -2.56. The molecule has 0 aliphatic carbocycles. The highest BCUT2D eigenvalue weighted by Gasteiger charge is 2.42. The molecule has 1 heterocycles. The van der Waals surface area contributed by atoms with E-state index in [4.69, 9.17) is 0 Å². The quantitative estimate of drug-likeness (QED) is 0.921. The minimum absolute atomic E-state index is 0.119. The van der Waals surface area contributed by atoms with E-state index in [1.165, 1.54) is 12.1 Å². The molecular formula is C15H19FN2O2. The normalized spacial score (nSPS) is 18.6. The number of nitrogens with one attached hydrogen (secondary N) is 1. The summed E-state index contributed by atoms with van der Waals surface area (Å²) in [4.78, 5) is 26.2. The van der Waals surface area contributed by atoms with Gasteiger partial charge in [0.05, 0.1) is 0 Å². The first-order chi connectivity index (χ1) is 9.52. The zero-order chi connectivity index (χ0) is 14.8. The van der Waals surface area contributed by atoms with E-state index in [-0.39, 0.29) is 24.1 Å². The van der Waals surface area contributed by atoms with Crippen LogP contribution in [0.15, 0.2) is 24.3 Å². The van der Waals surface area contributed by atoms with Gasteiger partial charge in [-0.15, -0.1) is 0 Å². The molecule has 0 aromatic heterocycles. The standard InChI is InChI=1S/C15H19FN2O2/c1-3-15(4-2)14(20)18(10-9-13(19)17-15)12-7-5-11(16)6-8-12/h5-8H,3-4,9-10H2,1-2H3,(H,17,19). The fraction of sp³-hybridized carbons (Fsp3) is 0.467. The zero-order valence-electron chi connectivity index (χ0n) is 11.8. The maximum atomic E-state index is 13.0. The van der Waals surface area contributed by atoms with Crippen molar-refractivity contribution in [2.75, 3.05) is 11.4 Å². The summed E-state index contributed by atoms with van der Waals surface area (Å²) < 4.78 is 13.0. The van der Waals surface area contributed by atoms with Crippen LogP contribution in [-0.2, 0) is 9.59 Å². The van der Waals surface area contributed by atoms with Gasteiger partial charge in [0, 0.05) is 18.7 Å². The second-order valence-corrected chi connectivity index (χ2v) is 5.02. The maximum Gasteiger partial charge on any atom is 0.252 e. The molecule has 1 saturated heterocycles. The van der Waals surface area contributed by atoms with Crippen LogP contribution in [0.1, 0.15) is 33.1 Å². The molecule has 0 bridgehead atoms. The van der Waals surface area contributed by atoms with Crippen molar-refractivity contribution in [3.05, 3.63) is 30.1 Å². The summed E-state index contributed by atoms with van der Waals surface area (Å²) in [5.74, 6) is -0.589. The van der Waals surface area contributed by atoms with Crippen molar-refractivity contribution >= 4 is 17.5 Å². The minimum Gasteiger partial charge on any atom is -0.342 e. The zero-order valence-corrected chi connectivity index (χ0v) is 11.8. The molecular weight excluding hydrogens is 259 g/mol. The Bertz CT molecular complexity index is 509. The number of benzene rings is 1. The van der Waals surface area contributed by atoms with Crippen molar-refractivity contribution in [2.24, 2.45) is 0 Å². The van der Waals surface area contributed by atoms with Crippen molar-refractivity contribution < 1.29 is 14.0 Å². The van der Waals surface area contributed by atoms with E-state index in [9.17, 15) is 14.0 Å². The van der Waals surface area contributed by atoms with E-state index in [1.54, 1.807) is 17.0 Å². The average molecular weight is 278 g/mol. The van der Waals surface area contributed by atoms with Gasteiger partial charge in [0.1, 0.15) is 11.4 Å². The average Bonchev–Trinajstić information content (AvgIpc) is 2.58. The molecule has 0 atom stereocenters. The first kappa shape index (κ1) is 14.5. The van der Waals surface area contributed by atoms with Gasteiger partial charge in [0.2, 0.25) is 5.91 Å². The topological polar surface area (TPSA) is 49.4 Å². The van der Waals surface area contributed by atoms with E-state index < -0.39 is 5.54 Å². The van der Waals surface area contributed by atoms with Crippen LogP contribution in [0.3, 0.4) is 0 Å². The molecule has 0 radical (unpaired) electrons. The SMILES string of the molecule is CCC1(CC)NC(=O)CCN(c2ccc(F)cc2)C1=O. The van der Waals surface area contributed by atoms with Crippen LogP contribution < -0.4 is 10.2 Å². The Morgan fingerprint density at radius 3 is 2.35 bits per heavy atom. The summed E-state index contributed by atoms with van der Waals surface area (Å²) in [5, 5.41) is 2.85. The molecule has 0 saturated carbocycles. The molecule has 108 valence electrons. The fourth-order valence-corrected chi connectivity index (χ4v) is 2.55. The smallest absolute Gasteiger partial charge is 0.252 e. The number of carbonyl (C=O) groups excluding carboxylic acids is 2. The van der Waals surface area contributed by atoms with Crippen LogP contribution in [0.5, 0.6) is 0 Å². The Morgan fingerprint density at radius 1 is 1.20 bits per heavy atom. The third-order valence-corrected chi connectivity index (χ3v) is 3.94. The molecule has 1 aromatic carbocycles. The van der Waals surface area contributed by atoms with Gasteiger partial charge in [0.15, 0.2) is 0 Å². The monoisotopic (exact) mass is 278 g/mol. The van der Waals surface area contributed by atoms with Crippen LogP contribution in [0, 0.1) is 5.82 Å². The number of carbonyl (C=O) groups is 2. The van der Waals surface area contributed by atoms with Crippen LogP contribution in [-0.4, -0.2) is 23.9 Å². The minimum atomic E-state index is -0.859. The van der Waals surface area contributed by atoms with Crippen LogP contribution >= 0.6 is 0 Å². The van der Waals surface area contributed by atoms with E-state index >= 15 is 0 Å². The van der Waals surface area contributed by atoms with Gasteiger partial charge in [-0.3, -0.25) is 9.59 Å². The van der Waals surface area contributed by atoms with Crippen molar-refractivity contribution in [1.29, 1.82) is 0 Å². The van der Waals surface area contributed by atoms with E-state index in [1.807, 2.05) is 13.8 Å². The molecule has 20 heavy (non-hydrogen) atoms. The lowest BCUT2D eigenvalue weighted by atomic mass is 9.91. The first-order valence-corrected chi connectivity index (χ1v) is 6.91. The Hall–Kier alpha value is -1.91. The molecule has 0 spiro atoms. The molecule has 2 rings (SSSR count). The van der Waals surface area contributed by atoms with Crippen molar-refractivity contribution in [2.45, 2.75) is 38.6 Å². The van der Waals surface area contributed by atoms with Gasteiger partial charge in [-0.2, -0.15) is 0 Å². The number of anilines is 1. The lowest BCUT2D eigenvalue weighted by Gasteiger charge is -2.33. The Labute approximate surface area is 118 Å². The second kappa shape index (κ2) is 5.61. The van der Waals surface area contributed by atoms with Gasteiger partial charge < -0.3 is 10.2 Å². The third-order valence-electron chi connectivity index (χ3n) is 3.94. The lowest BCUT2D eigenvalue weighted by molar-refractivity contribution is -0.130. The number of amides is 2. The van der Waals surface area contributed by atoms with Gasteiger partial charge in [-0.05, 0) is 37.1 Å². The van der Waals surface area contributed by atoms with Gasteiger partial charge in [-0.1, -0.05) is 13.8 Å². The Balaban J connectivity index is 2.39. The highest BCUT2D eigenvalue weighted by atomic mass is 19.1. The molecule has 0 unspecified atom stereocenters. The second-order valence-electron chi connectivity index (χ2n) is 5.02. The molecule has 2 amide bonds. The van der Waals surface area contributed by atoms with Crippen molar-refractivity contribution in [1.82, 2.24) is 5.32 Å². The third kappa shape index (κ3) is 2.53. The first-order valence-electron chi connectivity index (χ1n) is 6.91. The van der Waals surface area contributed by atoms with E-state index in [0.717, 1.165) is 0 Å². The van der Waals surface area contributed by atoms with Crippen molar-refractivity contribution in [3.63, 3.8) is 0 Å². The largest absolute Gasteiger partial charge is 0.342 e. The number of rotatable bonds is 3. The van der Waals surface area contributed by atoms with Gasteiger partial charge in [0.25, 0.3) is 5.91 Å². The molecule has 1 aromatic rings. The summed E-state index contributed by atoms with van der Waals surface area (Å²) in [7, 11) is 0. The van der Waals surface area contributed by atoms with Crippen molar-refractivity contribution in [3.8, 4) is 0 Å². The van der Waals surface area contributed by atoms with E-state index in [2.05, 4.69) is 5.32 Å². The predicted octanol–water partition coefficient (Wildman–Crippen LogP) is 2.24. The fourth-order valence-electron chi connectivity index (χ4n) is 2.55. The number of nitrogens with zero attached hydrogens (tertiary/aromatic N) is 1. The highest BCUT2D eigenvalue weighted by molar-refractivity contribution is 6.04. The van der Waals surface area contributed by atoms with Crippen LogP contribution in [0.4, 0.5) is 10.1 Å². The molecule has 1 N–H and O–H groups in total. The molecule has 1 fully saturated rings. The predicted molar refractivity (Wildman–Crippen MR) is 74.8 cm³/mol. The van der Waals surface area contributed by atoms with Gasteiger partial charge in [-0.25, -0.2) is 4.39 Å². The summed E-state index contributed by atoms with van der Waals surface area (Å²) in [6, 6.07) is 5.78. The Morgan fingerprint density at radius 2 is 1.80 bits per heavy atom. The number of halogens is 1. The summed E-state index contributed by atoms with van der Waals surface area (Å²) >= 11 is 0. The number of hydrogen-bond donors (Lipinski definition) is 1. The van der Waals surface area contributed by atoms with Crippen LogP contribution in [0.2, 0.25) is 0 Å². The summed E-state index contributed by atoms with van der Waals surface area (Å²) in [5.41, 5.74) is -0.235. The van der Waals surface area contributed by atoms with E-state index in [0.29, 0.717) is 25.1 Å². The highest BCUT2D eigenvalue weighted by Crippen LogP contribution is 2.26. The Kier molecular flexibility index (Phi) is 4.06. The van der Waals surface area contributed by atoms with Crippen LogP contribution in [0.25, 0.3) is 0 Å². The molecule has 1 aliphatic heterocycles. The van der Waals surface area contributed by atoms with Gasteiger partial charge >= 0.3 is 0 Å².